The number of hydrogen-bond acceptors (Lipinski definition) is 3. The second-order valence-electron chi connectivity index (χ2n) is 2.50. The third kappa shape index (κ3) is 2.67. The van der Waals surface area contributed by atoms with Gasteiger partial charge in [0.1, 0.15) is 0 Å². The molecule has 0 aliphatic carbocycles. The van der Waals surface area contributed by atoms with Crippen LogP contribution in [0.3, 0.4) is 0 Å². The van der Waals surface area contributed by atoms with Crippen molar-refractivity contribution < 1.29 is 14.7 Å². The molecule has 0 bridgehead atoms. The van der Waals surface area contributed by atoms with Crippen LogP contribution in [0, 0.1) is 0 Å². The van der Waals surface area contributed by atoms with Gasteiger partial charge in [-0.25, -0.2) is 9.59 Å². The number of carbonyl (C=O) groups excluding carboxylic acids is 1. The fourth-order valence-electron chi connectivity index (χ4n) is 0.830. The highest BCUT2D eigenvalue weighted by Gasteiger charge is 2.01. The molecule has 0 saturated carbocycles. The van der Waals surface area contributed by atoms with E-state index < -0.39 is 12.0 Å². The number of carboxylic acid groups (broad SMARTS) is 1. The molecule has 5 N–H and O–H groups in total. The van der Waals surface area contributed by atoms with Gasteiger partial charge in [-0.1, -0.05) is 0 Å². The summed E-state index contributed by atoms with van der Waals surface area (Å²) in [4.78, 5) is 20.8. The largest absolute Gasteiger partial charge is 0.478 e. The summed E-state index contributed by atoms with van der Waals surface area (Å²) in [6, 6.07) is 5.13. The normalized spacial score (nSPS) is 9.14. The van der Waals surface area contributed by atoms with Crippen LogP contribution >= 0.6 is 0 Å². The zero-order valence-electron chi connectivity index (χ0n) is 7.15. The lowest BCUT2D eigenvalue weighted by atomic mass is 10.2. The van der Waals surface area contributed by atoms with Crippen molar-refractivity contribution in [3.05, 3.63) is 29.8 Å². The summed E-state index contributed by atoms with van der Waals surface area (Å²) < 4.78 is 0. The predicted octanol–water partition coefficient (Wildman–Crippen LogP) is 0.380. The van der Waals surface area contributed by atoms with Crippen LogP contribution in [0.25, 0.3) is 0 Å². The molecule has 74 valence electrons. The van der Waals surface area contributed by atoms with E-state index in [-0.39, 0.29) is 5.56 Å². The molecule has 2 amide bonds. The Hall–Kier alpha value is -2.24. The first-order valence-electron chi connectivity index (χ1n) is 3.74. The van der Waals surface area contributed by atoms with Gasteiger partial charge in [-0.3, -0.25) is 10.9 Å². The molecule has 14 heavy (non-hydrogen) atoms. The SMILES string of the molecule is NC(=O)NNc1ccc(C(=O)O)cc1. The van der Waals surface area contributed by atoms with E-state index in [1.165, 1.54) is 24.3 Å². The Morgan fingerprint density at radius 1 is 1.21 bits per heavy atom. The highest BCUT2D eigenvalue weighted by Crippen LogP contribution is 2.07. The molecule has 1 rings (SSSR count). The summed E-state index contributed by atoms with van der Waals surface area (Å²) in [5.74, 6) is -1.00. The molecule has 0 saturated heterocycles. The Balaban J connectivity index is 2.64. The first kappa shape index (κ1) is 9.85. The molecule has 0 unspecified atom stereocenters. The number of aromatic carboxylic acids is 1. The Kier molecular flexibility index (Phi) is 2.90. The van der Waals surface area contributed by atoms with Gasteiger partial charge >= 0.3 is 12.0 Å². The van der Waals surface area contributed by atoms with Crippen molar-refractivity contribution in [2.75, 3.05) is 5.43 Å². The lowest BCUT2D eigenvalue weighted by Gasteiger charge is -2.05. The maximum Gasteiger partial charge on any atom is 0.335 e. The number of benzene rings is 1. The van der Waals surface area contributed by atoms with E-state index >= 15 is 0 Å². The summed E-state index contributed by atoms with van der Waals surface area (Å²) in [6.07, 6.45) is 0. The number of nitrogens with one attached hydrogen (secondary N) is 2. The van der Waals surface area contributed by atoms with Crippen LogP contribution in [0.2, 0.25) is 0 Å². The maximum absolute atomic E-state index is 10.5. The number of carboxylic acids is 1. The Morgan fingerprint density at radius 2 is 1.79 bits per heavy atom. The second kappa shape index (κ2) is 4.13. The fraction of sp³-hybridized carbons (Fsp3) is 0. The molecule has 0 heterocycles. The standard InChI is InChI=1S/C8H9N3O3/c9-8(14)11-10-6-3-1-5(2-4-6)7(12)13/h1-4,10H,(H,12,13)(H3,9,11,14). The molecule has 0 aromatic heterocycles. The van der Waals surface area contributed by atoms with E-state index in [0.717, 1.165) is 0 Å². The van der Waals surface area contributed by atoms with Crippen molar-refractivity contribution in [2.45, 2.75) is 0 Å². The summed E-state index contributed by atoms with van der Waals surface area (Å²) in [5.41, 5.74) is 10.2. The van der Waals surface area contributed by atoms with Crippen LogP contribution in [0.1, 0.15) is 10.4 Å². The van der Waals surface area contributed by atoms with Gasteiger partial charge in [0, 0.05) is 0 Å². The van der Waals surface area contributed by atoms with Crippen LogP contribution in [0.5, 0.6) is 0 Å². The van der Waals surface area contributed by atoms with E-state index in [1.54, 1.807) is 0 Å². The zero-order valence-corrected chi connectivity index (χ0v) is 7.15. The van der Waals surface area contributed by atoms with Gasteiger partial charge in [-0.2, -0.15) is 0 Å². The van der Waals surface area contributed by atoms with Crippen LogP contribution in [-0.4, -0.2) is 17.1 Å². The lowest BCUT2D eigenvalue weighted by molar-refractivity contribution is 0.0697. The van der Waals surface area contributed by atoms with Gasteiger partial charge in [0.15, 0.2) is 0 Å². The highest BCUT2D eigenvalue weighted by atomic mass is 16.4. The minimum Gasteiger partial charge on any atom is -0.478 e. The maximum atomic E-state index is 10.5. The molecular weight excluding hydrogens is 186 g/mol. The number of nitrogens with two attached hydrogens (primary N) is 1. The quantitative estimate of drug-likeness (QED) is 0.523. The lowest BCUT2D eigenvalue weighted by Crippen LogP contribution is -2.34. The Morgan fingerprint density at radius 3 is 2.21 bits per heavy atom. The van der Waals surface area contributed by atoms with Gasteiger partial charge in [0.05, 0.1) is 11.3 Å². The van der Waals surface area contributed by atoms with E-state index in [1.807, 2.05) is 0 Å². The number of urea groups is 1. The number of carbonyl (C=O) groups is 2. The van der Waals surface area contributed by atoms with Crippen molar-refractivity contribution in [1.29, 1.82) is 0 Å². The van der Waals surface area contributed by atoms with Gasteiger partial charge < -0.3 is 10.8 Å². The zero-order chi connectivity index (χ0) is 10.6. The monoisotopic (exact) mass is 195 g/mol. The van der Waals surface area contributed by atoms with E-state index in [4.69, 9.17) is 10.8 Å². The van der Waals surface area contributed by atoms with Crippen molar-refractivity contribution >= 4 is 17.7 Å². The average Bonchev–Trinajstić information content (AvgIpc) is 2.15. The van der Waals surface area contributed by atoms with Gasteiger partial charge in [0.25, 0.3) is 0 Å². The van der Waals surface area contributed by atoms with E-state index in [9.17, 15) is 9.59 Å². The fourth-order valence-corrected chi connectivity index (χ4v) is 0.830. The van der Waals surface area contributed by atoms with Gasteiger partial charge in [-0.05, 0) is 24.3 Å². The minimum absolute atomic E-state index is 0.176. The Labute approximate surface area is 79.7 Å². The summed E-state index contributed by atoms with van der Waals surface area (Å²) in [5, 5.41) is 8.58. The topological polar surface area (TPSA) is 104 Å². The molecule has 0 spiro atoms. The number of amides is 2. The van der Waals surface area contributed by atoms with Crippen LogP contribution < -0.4 is 16.6 Å². The van der Waals surface area contributed by atoms with Crippen molar-refractivity contribution in [3.63, 3.8) is 0 Å². The first-order valence-corrected chi connectivity index (χ1v) is 3.74. The second-order valence-corrected chi connectivity index (χ2v) is 2.50. The summed E-state index contributed by atoms with van der Waals surface area (Å²) >= 11 is 0. The predicted molar refractivity (Wildman–Crippen MR) is 49.7 cm³/mol. The van der Waals surface area contributed by atoms with Crippen molar-refractivity contribution in [2.24, 2.45) is 5.73 Å². The molecule has 6 heteroatoms. The summed E-state index contributed by atoms with van der Waals surface area (Å²) in [7, 11) is 0. The third-order valence-corrected chi connectivity index (χ3v) is 1.46. The molecule has 1 aromatic rings. The molecule has 0 aliphatic rings. The molecule has 0 fully saturated rings. The molecule has 0 aliphatic heterocycles. The molecular formula is C8H9N3O3. The van der Waals surface area contributed by atoms with Gasteiger partial charge in [0.2, 0.25) is 0 Å². The van der Waals surface area contributed by atoms with E-state index in [0.29, 0.717) is 5.69 Å². The molecule has 0 atom stereocenters. The average molecular weight is 195 g/mol. The highest BCUT2D eigenvalue weighted by molar-refractivity contribution is 5.88. The van der Waals surface area contributed by atoms with Crippen LogP contribution in [-0.2, 0) is 0 Å². The number of hydrazine groups is 1. The van der Waals surface area contributed by atoms with Crippen LogP contribution in [0.4, 0.5) is 10.5 Å². The Bertz CT molecular complexity index is 347. The van der Waals surface area contributed by atoms with Crippen LogP contribution in [0.15, 0.2) is 24.3 Å². The van der Waals surface area contributed by atoms with Crippen molar-refractivity contribution in [3.8, 4) is 0 Å². The minimum atomic E-state index is -1.00. The number of rotatable bonds is 3. The number of anilines is 1. The first-order chi connectivity index (χ1) is 6.59. The van der Waals surface area contributed by atoms with Crippen molar-refractivity contribution in [1.82, 2.24) is 5.43 Å². The third-order valence-electron chi connectivity index (χ3n) is 1.46. The number of primary amides is 1. The molecule has 0 radical (unpaired) electrons. The van der Waals surface area contributed by atoms with Gasteiger partial charge in [-0.15, -0.1) is 0 Å². The van der Waals surface area contributed by atoms with E-state index in [2.05, 4.69) is 10.9 Å². The molecule has 6 nitrogen and oxygen atoms in total. The summed E-state index contributed by atoms with van der Waals surface area (Å²) in [6.45, 7) is 0. The molecule has 1 aromatic carbocycles. The number of hydrogen-bond donors (Lipinski definition) is 4. The smallest absolute Gasteiger partial charge is 0.335 e.